The highest BCUT2D eigenvalue weighted by Gasteiger charge is 2.30. The van der Waals surface area contributed by atoms with Crippen molar-refractivity contribution in [2.24, 2.45) is 17.6 Å². The molecule has 1 fully saturated rings. The second kappa shape index (κ2) is 5.47. The van der Waals surface area contributed by atoms with Gasteiger partial charge in [0.15, 0.2) is 0 Å². The van der Waals surface area contributed by atoms with E-state index >= 15 is 0 Å². The molecule has 3 unspecified atom stereocenters. The van der Waals surface area contributed by atoms with Crippen molar-refractivity contribution in [3.8, 4) is 0 Å². The van der Waals surface area contributed by atoms with Crippen LogP contribution in [0.2, 0.25) is 0 Å². The van der Waals surface area contributed by atoms with Gasteiger partial charge in [-0.2, -0.15) is 0 Å². The first-order valence-electron chi connectivity index (χ1n) is 5.67. The van der Waals surface area contributed by atoms with Crippen molar-refractivity contribution in [2.75, 3.05) is 13.2 Å². The summed E-state index contributed by atoms with van der Waals surface area (Å²) in [6.45, 7) is 7.48. The third kappa shape index (κ3) is 3.47. The van der Waals surface area contributed by atoms with Crippen LogP contribution in [-0.2, 0) is 9.53 Å². The third-order valence-corrected chi connectivity index (χ3v) is 2.87. The molecule has 3 atom stereocenters. The van der Waals surface area contributed by atoms with Gasteiger partial charge in [0.2, 0.25) is 5.91 Å². The molecule has 1 saturated heterocycles. The normalized spacial score (nSPS) is 28.1. The van der Waals surface area contributed by atoms with E-state index in [9.17, 15) is 4.79 Å². The van der Waals surface area contributed by atoms with Gasteiger partial charge in [-0.1, -0.05) is 13.8 Å². The van der Waals surface area contributed by atoms with E-state index in [-0.39, 0.29) is 12.0 Å². The van der Waals surface area contributed by atoms with Gasteiger partial charge in [0.1, 0.15) is 0 Å². The summed E-state index contributed by atoms with van der Waals surface area (Å²) in [4.78, 5) is 11.3. The largest absolute Gasteiger partial charge is 0.378 e. The Morgan fingerprint density at radius 1 is 1.53 bits per heavy atom. The standard InChI is InChI=1S/C11H22N2O2/c1-7(2)10-9(4-5-15-10)6-13-11(14)8(3)12/h7-10H,4-6,12H2,1-3H3,(H,13,14). The number of nitrogens with one attached hydrogen (secondary N) is 1. The fraction of sp³-hybridized carbons (Fsp3) is 0.909. The first kappa shape index (κ1) is 12.5. The van der Waals surface area contributed by atoms with Crippen molar-refractivity contribution in [1.82, 2.24) is 5.32 Å². The predicted molar refractivity (Wildman–Crippen MR) is 59.3 cm³/mol. The van der Waals surface area contributed by atoms with Gasteiger partial charge < -0.3 is 15.8 Å². The summed E-state index contributed by atoms with van der Waals surface area (Å²) < 4.78 is 5.64. The Bertz CT molecular complexity index is 217. The molecule has 88 valence electrons. The summed E-state index contributed by atoms with van der Waals surface area (Å²) in [5.41, 5.74) is 5.47. The van der Waals surface area contributed by atoms with E-state index in [1.54, 1.807) is 6.92 Å². The maximum absolute atomic E-state index is 11.3. The molecular weight excluding hydrogens is 192 g/mol. The van der Waals surface area contributed by atoms with Crippen LogP contribution in [0.1, 0.15) is 27.2 Å². The average Bonchev–Trinajstić information content (AvgIpc) is 2.61. The molecule has 0 bridgehead atoms. The van der Waals surface area contributed by atoms with Gasteiger partial charge >= 0.3 is 0 Å². The summed E-state index contributed by atoms with van der Waals surface area (Å²) in [6, 6.07) is -0.426. The molecule has 1 heterocycles. The molecule has 1 amide bonds. The molecule has 4 nitrogen and oxygen atoms in total. The molecule has 1 aliphatic rings. The quantitative estimate of drug-likeness (QED) is 0.716. The van der Waals surface area contributed by atoms with Gasteiger partial charge in [0, 0.05) is 19.1 Å². The van der Waals surface area contributed by atoms with E-state index in [0.29, 0.717) is 18.4 Å². The van der Waals surface area contributed by atoms with E-state index in [0.717, 1.165) is 13.0 Å². The van der Waals surface area contributed by atoms with Crippen LogP contribution in [0.4, 0.5) is 0 Å². The van der Waals surface area contributed by atoms with Gasteiger partial charge in [-0.05, 0) is 19.3 Å². The Balaban J connectivity index is 2.35. The third-order valence-electron chi connectivity index (χ3n) is 2.87. The minimum atomic E-state index is -0.426. The summed E-state index contributed by atoms with van der Waals surface area (Å²) in [5, 5.41) is 2.86. The lowest BCUT2D eigenvalue weighted by Gasteiger charge is -2.22. The number of nitrogens with two attached hydrogens (primary N) is 1. The lowest BCUT2D eigenvalue weighted by molar-refractivity contribution is -0.122. The minimum absolute atomic E-state index is 0.0793. The van der Waals surface area contributed by atoms with Crippen LogP contribution in [0, 0.1) is 11.8 Å². The van der Waals surface area contributed by atoms with E-state index < -0.39 is 6.04 Å². The molecule has 0 aromatic carbocycles. The Labute approximate surface area is 91.5 Å². The van der Waals surface area contributed by atoms with Crippen molar-refractivity contribution in [2.45, 2.75) is 39.3 Å². The smallest absolute Gasteiger partial charge is 0.236 e. The van der Waals surface area contributed by atoms with Crippen LogP contribution in [0.3, 0.4) is 0 Å². The molecule has 0 radical (unpaired) electrons. The number of hydrogen-bond acceptors (Lipinski definition) is 3. The summed E-state index contributed by atoms with van der Waals surface area (Å²) >= 11 is 0. The SMILES string of the molecule is CC(N)C(=O)NCC1CCOC1C(C)C. The highest BCUT2D eigenvalue weighted by molar-refractivity contribution is 5.80. The highest BCUT2D eigenvalue weighted by Crippen LogP contribution is 2.25. The zero-order chi connectivity index (χ0) is 11.4. The van der Waals surface area contributed by atoms with Gasteiger partial charge in [-0.3, -0.25) is 4.79 Å². The van der Waals surface area contributed by atoms with Crippen LogP contribution in [0.25, 0.3) is 0 Å². The molecular formula is C11H22N2O2. The monoisotopic (exact) mass is 214 g/mol. The second-order valence-electron chi connectivity index (χ2n) is 4.66. The minimum Gasteiger partial charge on any atom is -0.378 e. The summed E-state index contributed by atoms with van der Waals surface area (Å²) in [7, 11) is 0. The fourth-order valence-corrected chi connectivity index (χ4v) is 2.00. The highest BCUT2D eigenvalue weighted by atomic mass is 16.5. The van der Waals surface area contributed by atoms with Crippen molar-refractivity contribution < 1.29 is 9.53 Å². The Morgan fingerprint density at radius 2 is 2.20 bits per heavy atom. The molecule has 0 aromatic rings. The lowest BCUT2D eigenvalue weighted by atomic mass is 9.93. The maximum Gasteiger partial charge on any atom is 0.236 e. The molecule has 0 aliphatic carbocycles. The van der Waals surface area contributed by atoms with Crippen molar-refractivity contribution in [3.05, 3.63) is 0 Å². The second-order valence-corrected chi connectivity index (χ2v) is 4.66. The Hall–Kier alpha value is -0.610. The van der Waals surface area contributed by atoms with Crippen LogP contribution < -0.4 is 11.1 Å². The topological polar surface area (TPSA) is 64.4 Å². The molecule has 0 saturated carbocycles. The average molecular weight is 214 g/mol. The van der Waals surface area contributed by atoms with Gasteiger partial charge in [-0.25, -0.2) is 0 Å². The first-order valence-corrected chi connectivity index (χ1v) is 5.67. The Kier molecular flexibility index (Phi) is 4.54. The van der Waals surface area contributed by atoms with Crippen molar-refractivity contribution >= 4 is 5.91 Å². The van der Waals surface area contributed by atoms with E-state index in [4.69, 9.17) is 10.5 Å². The first-order chi connectivity index (χ1) is 7.02. The Morgan fingerprint density at radius 3 is 2.73 bits per heavy atom. The summed E-state index contributed by atoms with van der Waals surface area (Å²) in [6.07, 6.45) is 1.31. The number of carbonyl (C=O) groups is 1. The molecule has 4 heteroatoms. The van der Waals surface area contributed by atoms with Crippen LogP contribution in [0.15, 0.2) is 0 Å². The van der Waals surface area contributed by atoms with Crippen LogP contribution >= 0.6 is 0 Å². The zero-order valence-corrected chi connectivity index (χ0v) is 9.82. The molecule has 15 heavy (non-hydrogen) atoms. The maximum atomic E-state index is 11.3. The molecule has 3 N–H and O–H groups in total. The van der Waals surface area contributed by atoms with Gasteiger partial charge in [0.25, 0.3) is 0 Å². The number of amides is 1. The lowest BCUT2D eigenvalue weighted by Crippen LogP contribution is -2.42. The van der Waals surface area contributed by atoms with Gasteiger partial charge in [-0.15, -0.1) is 0 Å². The molecule has 0 spiro atoms. The van der Waals surface area contributed by atoms with Crippen molar-refractivity contribution in [3.63, 3.8) is 0 Å². The number of ether oxygens (including phenoxy) is 1. The van der Waals surface area contributed by atoms with Crippen LogP contribution in [-0.4, -0.2) is 31.2 Å². The predicted octanol–water partition coefficient (Wildman–Crippen LogP) is 0.511. The van der Waals surface area contributed by atoms with E-state index in [1.165, 1.54) is 0 Å². The van der Waals surface area contributed by atoms with E-state index in [2.05, 4.69) is 19.2 Å². The van der Waals surface area contributed by atoms with Crippen molar-refractivity contribution in [1.29, 1.82) is 0 Å². The van der Waals surface area contributed by atoms with E-state index in [1.807, 2.05) is 0 Å². The molecule has 1 aliphatic heterocycles. The zero-order valence-electron chi connectivity index (χ0n) is 9.82. The molecule has 1 rings (SSSR count). The fourth-order valence-electron chi connectivity index (χ4n) is 2.00. The molecule has 0 aromatic heterocycles. The van der Waals surface area contributed by atoms with Gasteiger partial charge in [0.05, 0.1) is 12.1 Å². The number of rotatable bonds is 4. The summed E-state index contributed by atoms with van der Waals surface area (Å²) in [5.74, 6) is 0.863. The number of carbonyl (C=O) groups excluding carboxylic acids is 1. The van der Waals surface area contributed by atoms with Crippen LogP contribution in [0.5, 0.6) is 0 Å². The number of hydrogen-bond donors (Lipinski definition) is 2.